The molecule has 36 heavy (non-hydrogen) atoms. The van der Waals surface area contributed by atoms with Crippen molar-refractivity contribution in [3.63, 3.8) is 0 Å². The minimum atomic E-state index is -4.07. The number of benzene rings is 2. The summed E-state index contributed by atoms with van der Waals surface area (Å²) < 4.78 is 48.0. The second-order valence-corrected chi connectivity index (χ2v) is 12.4. The highest BCUT2D eigenvalue weighted by Crippen LogP contribution is 2.38. The number of aromatic nitrogens is 1. The van der Waals surface area contributed by atoms with Crippen molar-refractivity contribution in [3.8, 4) is 16.2 Å². The van der Waals surface area contributed by atoms with Crippen molar-refractivity contribution in [1.29, 1.82) is 0 Å². The molecule has 194 valence electrons. The lowest BCUT2D eigenvalue weighted by atomic mass is 9.85. The Morgan fingerprint density at radius 1 is 1.19 bits per heavy atom. The summed E-state index contributed by atoms with van der Waals surface area (Å²) in [5.41, 5.74) is 1.59. The van der Waals surface area contributed by atoms with Gasteiger partial charge in [-0.25, -0.2) is 17.8 Å². The lowest BCUT2D eigenvalue weighted by molar-refractivity contribution is 0.328. The molecule has 0 radical (unpaired) electrons. The van der Waals surface area contributed by atoms with Crippen molar-refractivity contribution in [3.05, 3.63) is 52.9 Å². The number of halogens is 2. The molecule has 3 aromatic rings. The molecule has 1 aliphatic rings. The molecule has 4 rings (SSSR count). The lowest BCUT2D eigenvalue weighted by Gasteiger charge is -2.24. The van der Waals surface area contributed by atoms with Crippen LogP contribution < -0.4 is 14.8 Å². The van der Waals surface area contributed by atoms with Crippen molar-refractivity contribution < 1.29 is 17.5 Å². The fraction of sp³-hybridized carbons (Fsp3) is 0.423. The molecule has 2 N–H and O–H groups in total. The van der Waals surface area contributed by atoms with Crippen molar-refractivity contribution in [2.45, 2.75) is 63.3 Å². The normalized spacial score (nSPS) is 15.5. The van der Waals surface area contributed by atoms with Crippen molar-refractivity contribution >= 4 is 43.8 Å². The first-order valence-corrected chi connectivity index (χ1v) is 14.7. The number of anilines is 2. The third kappa shape index (κ3) is 6.30. The summed E-state index contributed by atoms with van der Waals surface area (Å²) in [6.45, 7) is 4.10. The number of ether oxygens (including phenoxy) is 1. The Hall–Kier alpha value is -2.36. The number of nitrogens with zero attached hydrogens (tertiary/aromatic N) is 1. The van der Waals surface area contributed by atoms with Gasteiger partial charge in [-0.05, 0) is 68.1 Å². The zero-order valence-corrected chi connectivity index (χ0v) is 23.0. The third-order valence-electron chi connectivity index (χ3n) is 6.47. The van der Waals surface area contributed by atoms with Gasteiger partial charge in [-0.3, -0.25) is 4.72 Å². The van der Waals surface area contributed by atoms with Gasteiger partial charge in [0.1, 0.15) is 16.5 Å². The smallest absolute Gasteiger partial charge is 0.265 e. The first-order valence-electron chi connectivity index (χ1n) is 12.1. The predicted octanol–water partition coefficient (Wildman–Crippen LogP) is 7.49. The first-order chi connectivity index (χ1) is 17.2. The quantitative estimate of drug-likeness (QED) is 0.288. The van der Waals surface area contributed by atoms with Crippen LogP contribution in [0.3, 0.4) is 0 Å². The van der Waals surface area contributed by atoms with Crippen LogP contribution in [0.4, 0.5) is 15.2 Å². The molecular formula is C26H31ClFN3O3S2. The van der Waals surface area contributed by atoms with Crippen LogP contribution in [-0.4, -0.2) is 26.6 Å². The Morgan fingerprint density at radius 2 is 1.94 bits per heavy atom. The molecule has 10 heteroatoms. The lowest BCUT2D eigenvalue weighted by Crippen LogP contribution is -2.20. The third-order valence-corrected chi connectivity index (χ3v) is 9.31. The molecule has 0 bridgehead atoms. The maximum absolute atomic E-state index is 13.9. The Bertz CT molecular complexity index is 1320. The molecular weight excluding hydrogens is 521 g/mol. The fourth-order valence-electron chi connectivity index (χ4n) is 4.72. The number of methoxy groups -OCH3 is 1. The van der Waals surface area contributed by atoms with E-state index in [9.17, 15) is 12.8 Å². The Kier molecular flexibility index (Phi) is 8.42. The topological polar surface area (TPSA) is 80.3 Å². The monoisotopic (exact) mass is 551 g/mol. The van der Waals surface area contributed by atoms with Gasteiger partial charge in [0, 0.05) is 6.04 Å². The van der Waals surface area contributed by atoms with Crippen LogP contribution in [0.15, 0.2) is 41.3 Å². The van der Waals surface area contributed by atoms with E-state index in [4.69, 9.17) is 21.3 Å². The summed E-state index contributed by atoms with van der Waals surface area (Å²) in [6.07, 6.45) is 7.71. The molecule has 1 saturated carbocycles. The molecule has 1 atom stereocenters. The molecule has 0 unspecified atom stereocenters. The number of hydrogen-bond donors (Lipinski definition) is 2. The van der Waals surface area contributed by atoms with E-state index in [-0.39, 0.29) is 21.4 Å². The van der Waals surface area contributed by atoms with Crippen molar-refractivity contribution in [2.24, 2.45) is 5.92 Å². The first kappa shape index (κ1) is 26.7. The van der Waals surface area contributed by atoms with Crippen molar-refractivity contribution in [2.75, 3.05) is 17.1 Å². The average molecular weight is 552 g/mol. The number of rotatable bonds is 9. The second kappa shape index (κ2) is 11.4. The molecule has 0 spiro atoms. The molecule has 1 heterocycles. The Morgan fingerprint density at radius 3 is 2.64 bits per heavy atom. The van der Waals surface area contributed by atoms with E-state index in [0.29, 0.717) is 11.6 Å². The zero-order valence-electron chi connectivity index (χ0n) is 20.6. The zero-order chi connectivity index (χ0) is 25.9. The van der Waals surface area contributed by atoms with Crippen LogP contribution >= 0.6 is 22.9 Å². The van der Waals surface area contributed by atoms with E-state index in [1.807, 2.05) is 13.0 Å². The molecule has 1 aromatic heterocycles. The molecule has 0 amide bonds. The summed E-state index contributed by atoms with van der Waals surface area (Å²) in [6, 6.07) is 9.03. The highest BCUT2D eigenvalue weighted by molar-refractivity contribution is 7.92. The van der Waals surface area contributed by atoms with Crippen LogP contribution in [-0.2, 0) is 10.0 Å². The van der Waals surface area contributed by atoms with Gasteiger partial charge in [0.05, 0.1) is 28.4 Å². The van der Waals surface area contributed by atoms with Gasteiger partial charge in [0.15, 0.2) is 5.13 Å². The van der Waals surface area contributed by atoms with Gasteiger partial charge in [-0.2, -0.15) is 0 Å². The van der Waals surface area contributed by atoms with Gasteiger partial charge in [0.2, 0.25) is 0 Å². The molecule has 0 aliphatic heterocycles. The number of nitrogens with one attached hydrogen (secondary N) is 2. The second-order valence-electron chi connectivity index (χ2n) is 9.32. The van der Waals surface area contributed by atoms with Crippen LogP contribution in [0.1, 0.15) is 51.1 Å². The maximum Gasteiger partial charge on any atom is 0.265 e. The van der Waals surface area contributed by atoms with Crippen LogP contribution in [0, 0.1) is 18.7 Å². The summed E-state index contributed by atoms with van der Waals surface area (Å²) in [4.78, 5) is 5.52. The van der Waals surface area contributed by atoms with Crippen molar-refractivity contribution in [1.82, 2.24) is 4.98 Å². The summed E-state index contributed by atoms with van der Waals surface area (Å²) in [5.74, 6) is 0.232. The largest absolute Gasteiger partial charge is 0.495 e. The van der Waals surface area contributed by atoms with E-state index in [1.54, 1.807) is 12.1 Å². The Labute approximate surface area is 221 Å². The predicted molar refractivity (Wildman–Crippen MR) is 145 cm³/mol. The SMILES string of the molecule is COc1ccc(-c2sc(N[C@@H](C)CC3CCCCC3)nc2C)cc1S(=O)(=O)Nc1ccc(Cl)c(F)c1. The van der Waals surface area contributed by atoms with Gasteiger partial charge < -0.3 is 10.1 Å². The fourth-order valence-corrected chi connectivity index (χ4v) is 7.15. The number of hydrogen-bond acceptors (Lipinski definition) is 6. The maximum atomic E-state index is 13.9. The summed E-state index contributed by atoms with van der Waals surface area (Å²) in [5, 5.41) is 4.27. The van der Waals surface area contributed by atoms with Gasteiger partial charge in [-0.1, -0.05) is 55.0 Å². The molecule has 2 aromatic carbocycles. The van der Waals surface area contributed by atoms with Crippen LogP contribution in [0.25, 0.3) is 10.4 Å². The standard InChI is InChI=1S/C26H31ClFN3O3S2/c1-16(13-18-7-5-4-6-8-18)29-26-30-17(2)25(35-26)19-9-12-23(34-3)24(14-19)36(32,33)31-20-10-11-21(27)22(28)15-20/h9-12,14-16,18,31H,4-8,13H2,1-3H3,(H,29,30)/t16-/m0/s1. The van der Waals surface area contributed by atoms with Gasteiger partial charge >= 0.3 is 0 Å². The van der Waals surface area contributed by atoms with Gasteiger partial charge in [-0.15, -0.1) is 0 Å². The van der Waals surface area contributed by atoms with E-state index < -0.39 is 15.8 Å². The van der Waals surface area contributed by atoms with E-state index >= 15 is 0 Å². The average Bonchev–Trinajstić information content (AvgIpc) is 3.21. The minimum Gasteiger partial charge on any atom is -0.495 e. The molecule has 1 fully saturated rings. The highest BCUT2D eigenvalue weighted by atomic mass is 35.5. The van der Waals surface area contributed by atoms with Crippen LogP contribution in [0.5, 0.6) is 5.75 Å². The summed E-state index contributed by atoms with van der Waals surface area (Å²) >= 11 is 7.22. The highest BCUT2D eigenvalue weighted by Gasteiger charge is 2.23. The van der Waals surface area contributed by atoms with E-state index in [1.165, 1.54) is 62.7 Å². The van der Waals surface area contributed by atoms with E-state index in [0.717, 1.165) is 34.1 Å². The number of sulfonamides is 1. The van der Waals surface area contributed by atoms with Crippen LogP contribution in [0.2, 0.25) is 5.02 Å². The molecule has 6 nitrogen and oxygen atoms in total. The minimum absolute atomic E-state index is 0.0502. The van der Waals surface area contributed by atoms with E-state index in [2.05, 4.69) is 17.0 Å². The molecule has 1 aliphatic carbocycles. The summed E-state index contributed by atoms with van der Waals surface area (Å²) in [7, 11) is -2.67. The molecule has 0 saturated heterocycles. The Balaban J connectivity index is 1.56. The van der Waals surface area contributed by atoms with Gasteiger partial charge in [0.25, 0.3) is 10.0 Å². The number of aryl methyl sites for hydroxylation is 1. The number of thiazole rings is 1.